The van der Waals surface area contributed by atoms with Crippen molar-refractivity contribution in [2.45, 2.75) is 0 Å². The summed E-state index contributed by atoms with van der Waals surface area (Å²) >= 11 is 0. The van der Waals surface area contributed by atoms with Crippen LogP contribution >= 0.6 is 0 Å². The summed E-state index contributed by atoms with van der Waals surface area (Å²) in [4.78, 5) is 33.8. The molecular weight excluding hydrogens is 274 g/mol. The third kappa shape index (κ3) is 3.03. The number of hydrogen-bond acceptors (Lipinski definition) is 4. The second-order valence-corrected chi connectivity index (χ2v) is 4.14. The van der Waals surface area contributed by atoms with Crippen LogP contribution in [0.1, 0.15) is 20.7 Å². The van der Waals surface area contributed by atoms with E-state index in [0.717, 1.165) is 0 Å². The van der Waals surface area contributed by atoms with Gasteiger partial charge in [-0.15, -0.1) is 0 Å². The van der Waals surface area contributed by atoms with Crippen LogP contribution in [0.2, 0.25) is 0 Å². The summed E-state index contributed by atoms with van der Waals surface area (Å²) in [6, 6.07) is 11.7. The number of carbonyl (C=O) groups is 2. The van der Waals surface area contributed by atoms with Gasteiger partial charge >= 0.3 is 0 Å². The minimum absolute atomic E-state index is 0.0479. The monoisotopic (exact) mass is 285 g/mol. The molecule has 0 fully saturated rings. The molecule has 0 radical (unpaired) electrons. The molecule has 2 aromatic rings. The zero-order chi connectivity index (χ0) is 15.4. The second-order valence-electron chi connectivity index (χ2n) is 4.14. The number of para-hydroxylation sites is 2. The van der Waals surface area contributed by atoms with E-state index in [9.17, 15) is 19.7 Å². The zero-order valence-corrected chi connectivity index (χ0v) is 10.8. The lowest BCUT2D eigenvalue weighted by atomic mass is 10.1. The number of nitrogens with two attached hydrogens (primary N) is 1. The number of benzene rings is 2. The van der Waals surface area contributed by atoms with Crippen molar-refractivity contribution >= 4 is 23.2 Å². The van der Waals surface area contributed by atoms with Gasteiger partial charge in [-0.1, -0.05) is 24.3 Å². The molecule has 7 nitrogen and oxygen atoms in total. The third-order valence-corrected chi connectivity index (χ3v) is 2.79. The molecule has 0 saturated carbocycles. The summed E-state index contributed by atoms with van der Waals surface area (Å²) in [6.45, 7) is 0. The molecule has 3 N–H and O–H groups in total. The highest BCUT2D eigenvalue weighted by molar-refractivity contribution is 6.12. The molecule has 106 valence electrons. The Morgan fingerprint density at radius 2 is 1.57 bits per heavy atom. The molecule has 0 aliphatic heterocycles. The van der Waals surface area contributed by atoms with E-state index in [4.69, 9.17) is 5.73 Å². The van der Waals surface area contributed by atoms with Gasteiger partial charge in [0.05, 0.1) is 16.1 Å². The van der Waals surface area contributed by atoms with E-state index in [0.29, 0.717) is 0 Å². The maximum atomic E-state index is 12.2. The molecule has 0 bridgehead atoms. The minimum Gasteiger partial charge on any atom is -0.366 e. The van der Waals surface area contributed by atoms with Crippen LogP contribution in [0.4, 0.5) is 11.4 Å². The van der Waals surface area contributed by atoms with Crippen LogP contribution in [-0.4, -0.2) is 16.7 Å². The first-order chi connectivity index (χ1) is 10.0. The third-order valence-electron chi connectivity index (χ3n) is 2.79. The zero-order valence-electron chi connectivity index (χ0n) is 10.8. The predicted octanol–water partition coefficient (Wildman–Crippen LogP) is 1.95. The summed E-state index contributed by atoms with van der Waals surface area (Å²) in [5.74, 6) is -1.39. The molecule has 2 aromatic carbocycles. The Bertz CT molecular complexity index is 728. The maximum Gasteiger partial charge on any atom is 0.292 e. The van der Waals surface area contributed by atoms with Gasteiger partial charge in [0, 0.05) is 6.07 Å². The molecule has 2 amide bonds. The van der Waals surface area contributed by atoms with Crippen molar-refractivity contribution in [1.29, 1.82) is 0 Å². The van der Waals surface area contributed by atoms with E-state index in [2.05, 4.69) is 5.32 Å². The molecule has 21 heavy (non-hydrogen) atoms. The fraction of sp³-hybridized carbons (Fsp3) is 0. The van der Waals surface area contributed by atoms with Gasteiger partial charge in [0.25, 0.3) is 11.6 Å². The van der Waals surface area contributed by atoms with Gasteiger partial charge in [0.15, 0.2) is 0 Å². The number of carbonyl (C=O) groups excluding carboxylic acids is 2. The molecule has 7 heteroatoms. The lowest BCUT2D eigenvalue weighted by molar-refractivity contribution is -0.383. The van der Waals surface area contributed by atoms with E-state index >= 15 is 0 Å². The average Bonchev–Trinajstić information content (AvgIpc) is 2.47. The molecule has 0 heterocycles. The lowest BCUT2D eigenvalue weighted by Gasteiger charge is -2.08. The van der Waals surface area contributed by atoms with Crippen molar-refractivity contribution in [3.05, 3.63) is 69.8 Å². The van der Waals surface area contributed by atoms with Crippen LogP contribution in [0.15, 0.2) is 48.5 Å². The quantitative estimate of drug-likeness (QED) is 0.659. The van der Waals surface area contributed by atoms with Crippen molar-refractivity contribution < 1.29 is 14.5 Å². The first-order valence-electron chi connectivity index (χ1n) is 5.94. The summed E-state index contributed by atoms with van der Waals surface area (Å²) in [6.07, 6.45) is 0. The normalized spacial score (nSPS) is 9.90. The Kier molecular flexibility index (Phi) is 3.94. The predicted molar refractivity (Wildman–Crippen MR) is 76.0 cm³/mol. The van der Waals surface area contributed by atoms with E-state index in [1.165, 1.54) is 30.3 Å². The number of nitrogens with one attached hydrogen (secondary N) is 1. The minimum atomic E-state index is -0.747. The van der Waals surface area contributed by atoms with Gasteiger partial charge in [0.2, 0.25) is 5.91 Å². The maximum absolute atomic E-state index is 12.2. The van der Waals surface area contributed by atoms with Crippen molar-refractivity contribution in [1.82, 2.24) is 0 Å². The molecule has 0 atom stereocenters. The van der Waals surface area contributed by atoms with Gasteiger partial charge < -0.3 is 11.1 Å². The van der Waals surface area contributed by atoms with Crippen LogP contribution in [0.5, 0.6) is 0 Å². The number of amides is 2. The number of nitrogens with zero attached hydrogens (tertiary/aromatic N) is 1. The van der Waals surface area contributed by atoms with Crippen LogP contribution < -0.4 is 11.1 Å². The van der Waals surface area contributed by atoms with Gasteiger partial charge in [-0.05, 0) is 18.2 Å². The van der Waals surface area contributed by atoms with Crippen LogP contribution in [0.3, 0.4) is 0 Å². The van der Waals surface area contributed by atoms with Crippen LogP contribution in [0.25, 0.3) is 0 Å². The molecule has 0 aromatic heterocycles. The lowest BCUT2D eigenvalue weighted by Crippen LogP contribution is -2.20. The fourth-order valence-electron chi connectivity index (χ4n) is 1.82. The number of nitro benzene ring substituents is 1. The Hall–Kier alpha value is -3.22. The Morgan fingerprint density at radius 1 is 1.00 bits per heavy atom. The molecule has 2 rings (SSSR count). The summed E-state index contributed by atoms with van der Waals surface area (Å²) in [5.41, 5.74) is 5.12. The van der Waals surface area contributed by atoms with E-state index in [-0.39, 0.29) is 22.5 Å². The largest absolute Gasteiger partial charge is 0.366 e. The number of hydrogen-bond donors (Lipinski definition) is 2. The molecular formula is C14H11N3O4. The highest BCUT2D eigenvalue weighted by Crippen LogP contribution is 2.24. The summed E-state index contributed by atoms with van der Waals surface area (Å²) < 4.78 is 0. The highest BCUT2D eigenvalue weighted by Gasteiger charge is 2.18. The van der Waals surface area contributed by atoms with E-state index < -0.39 is 16.7 Å². The smallest absolute Gasteiger partial charge is 0.292 e. The number of primary amides is 1. The Morgan fingerprint density at radius 3 is 2.19 bits per heavy atom. The standard InChI is InChI=1S/C14H11N3O4/c15-13(18)9-5-1-2-6-10(9)14(19)16-11-7-3-4-8-12(11)17(20)21/h1-8H,(H2,15,18)(H,16,19). The SMILES string of the molecule is NC(=O)c1ccccc1C(=O)Nc1ccccc1[N+](=O)[O-]. The molecule has 0 aliphatic rings. The van der Waals surface area contributed by atoms with Crippen molar-refractivity contribution in [2.24, 2.45) is 5.73 Å². The number of anilines is 1. The van der Waals surface area contributed by atoms with Crippen molar-refractivity contribution in [3.8, 4) is 0 Å². The molecule has 0 aliphatic carbocycles. The van der Waals surface area contributed by atoms with Gasteiger partial charge in [-0.25, -0.2) is 0 Å². The van der Waals surface area contributed by atoms with Crippen molar-refractivity contribution in [2.75, 3.05) is 5.32 Å². The Balaban J connectivity index is 2.36. The van der Waals surface area contributed by atoms with Gasteiger partial charge in [0.1, 0.15) is 5.69 Å². The average molecular weight is 285 g/mol. The summed E-state index contributed by atoms with van der Waals surface area (Å²) in [5, 5.41) is 13.3. The highest BCUT2D eigenvalue weighted by atomic mass is 16.6. The van der Waals surface area contributed by atoms with Crippen LogP contribution in [-0.2, 0) is 0 Å². The van der Waals surface area contributed by atoms with Gasteiger partial charge in [-0.3, -0.25) is 19.7 Å². The van der Waals surface area contributed by atoms with E-state index in [1.54, 1.807) is 18.2 Å². The molecule has 0 saturated heterocycles. The first kappa shape index (κ1) is 14.2. The van der Waals surface area contributed by atoms with Gasteiger partial charge in [-0.2, -0.15) is 0 Å². The number of rotatable bonds is 4. The topological polar surface area (TPSA) is 115 Å². The fourth-order valence-corrected chi connectivity index (χ4v) is 1.82. The molecule has 0 spiro atoms. The second kappa shape index (κ2) is 5.83. The number of nitro groups is 1. The Labute approximate surface area is 119 Å². The summed E-state index contributed by atoms with van der Waals surface area (Å²) in [7, 11) is 0. The van der Waals surface area contributed by atoms with Crippen LogP contribution in [0, 0.1) is 10.1 Å². The van der Waals surface area contributed by atoms with E-state index in [1.807, 2.05) is 0 Å². The van der Waals surface area contributed by atoms with Crippen molar-refractivity contribution in [3.63, 3.8) is 0 Å². The first-order valence-corrected chi connectivity index (χ1v) is 5.94. The molecule has 0 unspecified atom stereocenters.